The molecular formula is C17H23N3S. The van der Waals surface area contributed by atoms with Crippen LogP contribution < -0.4 is 11.1 Å². The van der Waals surface area contributed by atoms with Crippen LogP contribution in [0.25, 0.3) is 0 Å². The van der Waals surface area contributed by atoms with E-state index in [1.54, 1.807) is 12.1 Å². The third-order valence-electron chi connectivity index (χ3n) is 3.14. The Bertz CT molecular complexity index is 573. The molecule has 1 aromatic carbocycles. The maximum absolute atomic E-state index is 8.15. The first-order chi connectivity index (χ1) is 9.99. The number of benzene rings is 1. The van der Waals surface area contributed by atoms with E-state index >= 15 is 0 Å². The molecule has 4 N–H and O–H groups in total. The molecule has 0 bridgehead atoms. The van der Waals surface area contributed by atoms with Crippen molar-refractivity contribution >= 4 is 28.6 Å². The molecule has 1 rings (SSSR count). The molecule has 0 aliphatic carbocycles. The van der Waals surface area contributed by atoms with Gasteiger partial charge in [0.15, 0.2) is 0 Å². The van der Waals surface area contributed by atoms with Crippen molar-refractivity contribution in [2.45, 2.75) is 27.2 Å². The number of thiocarbonyl (C=S) groups is 1. The first-order valence-electron chi connectivity index (χ1n) is 7.05. The van der Waals surface area contributed by atoms with E-state index in [0.717, 1.165) is 12.1 Å². The summed E-state index contributed by atoms with van der Waals surface area (Å²) >= 11 is 5.30. The van der Waals surface area contributed by atoms with Crippen LogP contribution in [0.4, 0.5) is 5.69 Å². The number of nitrogens with two attached hydrogens (primary N) is 1. The molecule has 0 saturated carbocycles. The van der Waals surface area contributed by atoms with Gasteiger partial charge in [-0.2, -0.15) is 0 Å². The Morgan fingerprint density at radius 3 is 2.67 bits per heavy atom. The van der Waals surface area contributed by atoms with E-state index in [0.29, 0.717) is 22.2 Å². The molecule has 3 nitrogen and oxygen atoms in total. The maximum Gasteiger partial charge on any atom is 0.129 e. The van der Waals surface area contributed by atoms with E-state index in [1.165, 1.54) is 0 Å². The van der Waals surface area contributed by atoms with Gasteiger partial charge in [0.1, 0.15) is 4.99 Å². The quantitative estimate of drug-likeness (QED) is 0.321. The molecule has 0 aliphatic rings. The number of hydrogen-bond donors (Lipinski definition) is 3. The van der Waals surface area contributed by atoms with Crippen LogP contribution in [-0.4, -0.2) is 10.7 Å². The van der Waals surface area contributed by atoms with Crippen LogP contribution in [0.1, 0.15) is 32.8 Å². The number of para-hydroxylation sites is 1. The van der Waals surface area contributed by atoms with Gasteiger partial charge in [-0.15, -0.1) is 0 Å². The zero-order chi connectivity index (χ0) is 15.8. The summed E-state index contributed by atoms with van der Waals surface area (Å²) in [5.74, 6) is 0.376. The summed E-state index contributed by atoms with van der Waals surface area (Å²) < 4.78 is 0. The molecule has 0 heterocycles. The van der Waals surface area contributed by atoms with Gasteiger partial charge in [0, 0.05) is 16.9 Å². The third kappa shape index (κ3) is 5.16. The minimum atomic E-state index is 0.245. The van der Waals surface area contributed by atoms with Crippen molar-refractivity contribution in [3.63, 3.8) is 0 Å². The Kier molecular flexibility index (Phi) is 6.82. The predicted octanol–water partition coefficient (Wildman–Crippen LogP) is 4.06. The number of nitrogen functional groups attached to an aromatic ring is 1. The second-order valence-electron chi connectivity index (χ2n) is 4.86. The molecule has 0 radical (unpaired) electrons. The normalized spacial score (nSPS) is 13.2. The fourth-order valence-electron chi connectivity index (χ4n) is 2.01. The summed E-state index contributed by atoms with van der Waals surface area (Å²) in [5.41, 5.74) is 8.29. The van der Waals surface area contributed by atoms with Crippen molar-refractivity contribution in [3.05, 3.63) is 53.8 Å². The number of anilines is 1. The molecule has 1 aromatic rings. The van der Waals surface area contributed by atoms with Gasteiger partial charge in [-0.05, 0) is 32.3 Å². The number of allylic oxidation sites excluding steroid dienone is 4. The minimum absolute atomic E-state index is 0.245. The highest BCUT2D eigenvalue weighted by molar-refractivity contribution is 7.82. The molecular weight excluding hydrogens is 278 g/mol. The van der Waals surface area contributed by atoms with Crippen molar-refractivity contribution < 1.29 is 0 Å². The van der Waals surface area contributed by atoms with Crippen LogP contribution in [0.15, 0.2) is 48.2 Å². The van der Waals surface area contributed by atoms with Gasteiger partial charge in [0.2, 0.25) is 0 Å². The van der Waals surface area contributed by atoms with Gasteiger partial charge >= 0.3 is 0 Å². The van der Waals surface area contributed by atoms with Crippen LogP contribution >= 0.6 is 12.2 Å². The average molecular weight is 301 g/mol. The largest absolute Gasteiger partial charge is 0.398 e. The SMILES string of the molecule is C/C=C\C(/C=C(\C)NC(=S)C(=N)c1ccccc1N)CC. The van der Waals surface area contributed by atoms with E-state index in [1.807, 2.05) is 32.1 Å². The van der Waals surface area contributed by atoms with Crippen LogP contribution in [0.2, 0.25) is 0 Å². The molecule has 0 aromatic heterocycles. The summed E-state index contributed by atoms with van der Waals surface area (Å²) in [6, 6.07) is 7.27. The highest BCUT2D eigenvalue weighted by Crippen LogP contribution is 2.13. The molecule has 0 fully saturated rings. The maximum atomic E-state index is 8.15. The molecule has 0 amide bonds. The minimum Gasteiger partial charge on any atom is -0.398 e. The van der Waals surface area contributed by atoms with Crippen molar-refractivity contribution in [2.75, 3.05) is 5.73 Å². The average Bonchev–Trinajstić information content (AvgIpc) is 2.46. The van der Waals surface area contributed by atoms with Crippen LogP contribution in [0, 0.1) is 11.3 Å². The Balaban J connectivity index is 2.79. The Hall–Kier alpha value is -1.94. The number of hydrogen-bond acceptors (Lipinski definition) is 3. The van der Waals surface area contributed by atoms with Gasteiger partial charge in [0.05, 0.1) is 5.71 Å². The standard InChI is InChI=1S/C17H23N3S/c1-4-8-13(5-2)11-12(3)20-17(21)16(19)14-9-6-7-10-15(14)18/h4,6-11,13,19H,5,18H2,1-3H3,(H,20,21)/b8-4-,12-11+,19-16?. The first-order valence-corrected chi connectivity index (χ1v) is 7.46. The predicted molar refractivity (Wildman–Crippen MR) is 95.8 cm³/mol. The highest BCUT2D eigenvalue weighted by Gasteiger charge is 2.11. The van der Waals surface area contributed by atoms with Gasteiger partial charge in [0.25, 0.3) is 0 Å². The van der Waals surface area contributed by atoms with E-state index < -0.39 is 0 Å². The Morgan fingerprint density at radius 1 is 1.43 bits per heavy atom. The lowest BCUT2D eigenvalue weighted by molar-refractivity contribution is 0.761. The smallest absolute Gasteiger partial charge is 0.129 e. The van der Waals surface area contributed by atoms with Crippen molar-refractivity contribution in [1.29, 1.82) is 5.41 Å². The zero-order valence-electron chi connectivity index (χ0n) is 12.8. The molecule has 0 spiro atoms. The Morgan fingerprint density at radius 2 is 2.10 bits per heavy atom. The van der Waals surface area contributed by atoms with E-state index in [9.17, 15) is 0 Å². The zero-order valence-corrected chi connectivity index (χ0v) is 13.6. The monoisotopic (exact) mass is 301 g/mol. The van der Waals surface area contributed by atoms with Crippen LogP contribution in [-0.2, 0) is 0 Å². The summed E-state index contributed by atoms with van der Waals surface area (Å²) in [6.07, 6.45) is 7.34. The van der Waals surface area contributed by atoms with Crippen LogP contribution in [0.5, 0.6) is 0 Å². The van der Waals surface area contributed by atoms with Gasteiger partial charge < -0.3 is 11.1 Å². The van der Waals surface area contributed by atoms with Crippen molar-refractivity contribution in [2.24, 2.45) is 5.92 Å². The second-order valence-corrected chi connectivity index (χ2v) is 5.27. The lowest BCUT2D eigenvalue weighted by Crippen LogP contribution is -2.28. The molecule has 0 saturated heterocycles. The van der Waals surface area contributed by atoms with Gasteiger partial charge in [-0.3, -0.25) is 5.41 Å². The summed E-state index contributed by atoms with van der Waals surface area (Å²) in [7, 11) is 0. The Labute approximate surface area is 132 Å². The molecule has 4 heteroatoms. The van der Waals surface area contributed by atoms with E-state index in [-0.39, 0.29) is 5.71 Å². The first kappa shape index (κ1) is 17.1. The molecule has 112 valence electrons. The number of rotatable bonds is 6. The lowest BCUT2D eigenvalue weighted by Gasteiger charge is -2.13. The fourth-order valence-corrected chi connectivity index (χ4v) is 2.28. The topological polar surface area (TPSA) is 61.9 Å². The van der Waals surface area contributed by atoms with E-state index in [2.05, 4.69) is 24.4 Å². The summed E-state index contributed by atoms with van der Waals surface area (Å²) in [4.78, 5) is 0.386. The number of nitrogens with one attached hydrogen (secondary N) is 2. The second kappa shape index (κ2) is 8.37. The van der Waals surface area contributed by atoms with Crippen molar-refractivity contribution in [1.82, 2.24) is 5.32 Å². The summed E-state index contributed by atoms with van der Waals surface area (Å²) in [5, 5.41) is 11.3. The van der Waals surface area contributed by atoms with E-state index in [4.69, 9.17) is 23.4 Å². The lowest BCUT2D eigenvalue weighted by atomic mass is 10.0. The molecule has 1 atom stereocenters. The molecule has 0 aliphatic heterocycles. The highest BCUT2D eigenvalue weighted by atomic mass is 32.1. The van der Waals surface area contributed by atoms with Gasteiger partial charge in [-0.1, -0.05) is 55.6 Å². The van der Waals surface area contributed by atoms with Crippen LogP contribution in [0.3, 0.4) is 0 Å². The molecule has 21 heavy (non-hydrogen) atoms. The van der Waals surface area contributed by atoms with Gasteiger partial charge in [-0.25, -0.2) is 0 Å². The molecule has 1 unspecified atom stereocenters. The van der Waals surface area contributed by atoms with Crippen molar-refractivity contribution in [3.8, 4) is 0 Å². The summed E-state index contributed by atoms with van der Waals surface area (Å²) in [6.45, 7) is 6.11. The fraction of sp³-hybridized carbons (Fsp3) is 0.294. The third-order valence-corrected chi connectivity index (χ3v) is 3.45.